The Balaban J connectivity index is 1.86. The van der Waals surface area contributed by atoms with Crippen LogP contribution in [0.5, 0.6) is 5.75 Å². The number of aryl methyl sites for hydroxylation is 2. The van der Waals surface area contributed by atoms with E-state index in [0.29, 0.717) is 31.0 Å². The second kappa shape index (κ2) is 6.89. The number of halogens is 1. The lowest BCUT2D eigenvalue weighted by Gasteiger charge is -2.10. The topological polar surface area (TPSA) is 59.0 Å². The number of benzene rings is 1. The Labute approximate surface area is 123 Å². The zero-order chi connectivity index (χ0) is 15.2. The van der Waals surface area contributed by atoms with E-state index >= 15 is 0 Å². The van der Waals surface area contributed by atoms with Crippen LogP contribution in [0.25, 0.3) is 0 Å². The van der Waals surface area contributed by atoms with Crippen molar-refractivity contribution in [2.45, 2.75) is 32.6 Å². The van der Waals surface area contributed by atoms with E-state index in [-0.39, 0.29) is 11.7 Å². The molecule has 0 saturated heterocycles. The van der Waals surface area contributed by atoms with E-state index in [0.717, 1.165) is 11.3 Å². The van der Waals surface area contributed by atoms with Gasteiger partial charge >= 0.3 is 0 Å². The normalized spacial score (nSPS) is 11.9. The average Bonchev–Trinajstić information content (AvgIpc) is 2.79. The van der Waals surface area contributed by atoms with E-state index < -0.39 is 0 Å². The van der Waals surface area contributed by atoms with Crippen LogP contribution in [0.15, 0.2) is 28.8 Å². The van der Waals surface area contributed by atoms with Crippen LogP contribution in [0, 0.1) is 31.0 Å². The molecule has 0 amide bonds. The van der Waals surface area contributed by atoms with Crippen molar-refractivity contribution in [3.05, 3.63) is 47.1 Å². The molecule has 1 atom stereocenters. The zero-order valence-corrected chi connectivity index (χ0v) is 12.1. The van der Waals surface area contributed by atoms with Crippen molar-refractivity contribution in [3.8, 4) is 11.8 Å². The number of hydrogen-bond acceptors (Lipinski definition) is 4. The zero-order valence-electron chi connectivity index (χ0n) is 12.1. The first-order valence-corrected chi connectivity index (χ1v) is 6.82. The van der Waals surface area contributed by atoms with Crippen LogP contribution in [-0.4, -0.2) is 11.8 Å². The van der Waals surface area contributed by atoms with Crippen molar-refractivity contribution in [1.29, 1.82) is 5.26 Å². The van der Waals surface area contributed by atoms with Crippen LogP contribution in [0.3, 0.4) is 0 Å². The van der Waals surface area contributed by atoms with Crippen LogP contribution in [0.4, 0.5) is 4.39 Å². The maximum absolute atomic E-state index is 13.0. The van der Waals surface area contributed by atoms with Crippen LogP contribution >= 0.6 is 0 Å². The summed E-state index contributed by atoms with van der Waals surface area (Å²) in [6.07, 6.45) is 1.34. The van der Waals surface area contributed by atoms with Crippen LogP contribution in [0.2, 0.25) is 0 Å². The molecule has 1 heterocycles. The molecule has 2 aromatic rings. The molecule has 1 unspecified atom stereocenters. The summed E-state index contributed by atoms with van der Waals surface area (Å²) in [5.41, 5.74) is 1.62. The number of hydrogen-bond donors (Lipinski definition) is 0. The standard InChI is InChI=1S/C16H17FN2O2/c1-11-16(12(2)21-19-11)13(10-18)5-4-8-20-15-7-3-6-14(17)9-15/h3,6-7,9,13H,4-5,8H2,1-2H3. The van der Waals surface area contributed by atoms with Crippen molar-refractivity contribution >= 4 is 0 Å². The van der Waals surface area contributed by atoms with Gasteiger partial charge in [0.1, 0.15) is 17.3 Å². The molecule has 0 aliphatic carbocycles. The first kappa shape index (κ1) is 15.0. The summed E-state index contributed by atoms with van der Waals surface area (Å²) in [7, 11) is 0. The summed E-state index contributed by atoms with van der Waals surface area (Å²) in [6.45, 7) is 4.08. The molecule has 1 aromatic carbocycles. The van der Waals surface area contributed by atoms with E-state index in [9.17, 15) is 9.65 Å². The first-order valence-electron chi connectivity index (χ1n) is 6.82. The molecule has 0 spiro atoms. The third-order valence-electron chi connectivity index (χ3n) is 3.29. The average molecular weight is 288 g/mol. The second-order valence-electron chi connectivity index (χ2n) is 4.87. The highest BCUT2D eigenvalue weighted by Gasteiger charge is 2.19. The lowest BCUT2D eigenvalue weighted by atomic mass is 9.94. The van der Waals surface area contributed by atoms with Crippen molar-refractivity contribution in [1.82, 2.24) is 5.16 Å². The molecular weight excluding hydrogens is 271 g/mol. The van der Waals surface area contributed by atoms with Crippen LogP contribution in [0.1, 0.15) is 35.8 Å². The van der Waals surface area contributed by atoms with Gasteiger partial charge in [-0.1, -0.05) is 11.2 Å². The third kappa shape index (κ3) is 3.82. The van der Waals surface area contributed by atoms with E-state index in [2.05, 4.69) is 11.2 Å². The minimum absolute atomic E-state index is 0.257. The fraction of sp³-hybridized carbons (Fsp3) is 0.375. The van der Waals surface area contributed by atoms with Gasteiger partial charge in [-0.25, -0.2) is 4.39 Å². The fourth-order valence-corrected chi connectivity index (χ4v) is 2.30. The van der Waals surface area contributed by atoms with E-state index in [1.807, 2.05) is 13.8 Å². The Morgan fingerprint density at radius 3 is 2.86 bits per heavy atom. The molecule has 0 N–H and O–H groups in total. The Morgan fingerprint density at radius 2 is 2.24 bits per heavy atom. The maximum atomic E-state index is 13.0. The van der Waals surface area contributed by atoms with Gasteiger partial charge in [-0.15, -0.1) is 0 Å². The van der Waals surface area contributed by atoms with Gasteiger partial charge in [0.05, 0.1) is 24.3 Å². The molecule has 2 rings (SSSR count). The maximum Gasteiger partial charge on any atom is 0.138 e. The first-order chi connectivity index (χ1) is 10.1. The summed E-state index contributed by atoms with van der Waals surface area (Å²) in [4.78, 5) is 0. The molecular formula is C16H17FN2O2. The smallest absolute Gasteiger partial charge is 0.138 e. The molecule has 1 aromatic heterocycles. The highest BCUT2D eigenvalue weighted by molar-refractivity contribution is 5.30. The van der Waals surface area contributed by atoms with Crippen LogP contribution in [-0.2, 0) is 0 Å². The molecule has 21 heavy (non-hydrogen) atoms. The van der Waals surface area contributed by atoms with Crippen molar-refractivity contribution in [2.75, 3.05) is 6.61 Å². The third-order valence-corrected chi connectivity index (χ3v) is 3.29. The Hall–Kier alpha value is -2.35. The molecule has 0 bridgehead atoms. The number of nitriles is 1. The van der Waals surface area contributed by atoms with Gasteiger partial charge in [0.15, 0.2) is 0 Å². The minimum atomic E-state index is -0.321. The molecule has 0 saturated carbocycles. The van der Waals surface area contributed by atoms with Crippen molar-refractivity contribution < 1.29 is 13.7 Å². The lowest BCUT2D eigenvalue weighted by Crippen LogP contribution is -2.03. The van der Waals surface area contributed by atoms with Gasteiger partial charge in [0, 0.05) is 11.6 Å². The number of ether oxygens (including phenoxy) is 1. The Morgan fingerprint density at radius 1 is 1.43 bits per heavy atom. The fourth-order valence-electron chi connectivity index (χ4n) is 2.30. The summed E-state index contributed by atoms with van der Waals surface area (Å²) in [5.74, 6) is 0.608. The summed E-state index contributed by atoms with van der Waals surface area (Å²) < 4.78 is 23.6. The van der Waals surface area contributed by atoms with E-state index in [1.165, 1.54) is 12.1 Å². The summed E-state index contributed by atoms with van der Waals surface area (Å²) in [6, 6.07) is 8.30. The predicted octanol–water partition coefficient (Wildman–Crippen LogP) is 3.90. The molecule has 0 radical (unpaired) electrons. The number of nitrogens with zero attached hydrogens (tertiary/aromatic N) is 2. The summed E-state index contributed by atoms with van der Waals surface area (Å²) in [5, 5.41) is 13.2. The van der Waals surface area contributed by atoms with Gasteiger partial charge in [-0.2, -0.15) is 5.26 Å². The molecule has 0 aliphatic rings. The Kier molecular flexibility index (Phi) is 4.94. The van der Waals surface area contributed by atoms with E-state index in [4.69, 9.17) is 9.26 Å². The molecule has 5 heteroatoms. The SMILES string of the molecule is Cc1noc(C)c1C(C#N)CCCOc1cccc(F)c1. The minimum Gasteiger partial charge on any atom is -0.493 e. The van der Waals surface area contributed by atoms with Gasteiger partial charge in [0.2, 0.25) is 0 Å². The highest BCUT2D eigenvalue weighted by atomic mass is 19.1. The number of rotatable bonds is 6. The van der Waals surface area contributed by atoms with Gasteiger partial charge in [-0.05, 0) is 38.8 Å². The van der Waals surface area contributed by atoms with Gasteiger partial charge < -0.3 is 9.26 Å². The van der Waals surface area contributed by atoms with Gasteiger partial charge in [-0.3, -0.25) is 0 Å². The largest absolute Gasteiger partial charge is 0.493 e. The lowest BCUT2D eigenvalue weighted by molar-refractivity contribution is 0.303. The highest BCUT2D eigenvalue weighted by Crippen LogP contribution is 2.26. The Bertz CT molecular complexity index is 626. The van der Waals surface area contributed by atoms with Crippen molar-refractivity contribution in [3.63, 3.8) is 0 Å². The monoisotopic (exact) mass is 288 g/mol. The van der Waals surface area contributed by atoms with Gasteiger partial charge in [0.25, 0.3) is 0 Å². The number of aromatic nitrogens is 1. The quantitative estimate of drug-likeness (QED) is 0.756. The molecule has 0 aliphatic heterocycles. The van der Waals surface area contributed by atoms with E-state index in [1.54, 1.807) is 12.1 Å². The summed E-state index contributed by atoms with van der Waals surface area (Å²) >= 11 is 0. The van der Waals surface area contributed by atoms with Crippen molar-refractivity contribution in [2.24, 2.45) is 0 Å². The molecule has 110 valence electrons. The molecule has 0 fully saturated rings. The second-order valence-corrected chi connectivity index (χ2v) is 4.87. The molecule has 4 nitrogen and oxygen atoms in total. The predicted molar refractivity (Wildman–Crippen MR) is 75.5 cm³/mol. The van der Waals surface area contributed by atoms with Crippen LogP contribution < -0.4 is 4.74 Å².